The Balaban J connectivity index is 1.66. The zero-order valence-electron chi connectivity index (χ0n) is 15.8. The van der Waals surface area contributed by atoms with Crippen LogP contribution in [0, 0.1) is 5.92 Å². The van der Waals surface area contributed by atoms with Crippen LogP contribution in [0.3, 0.4) is 0 Å². The highest BCUT2D eigenvalue weighted by atomic mass is 35.5. The van der Waals surface area contributed by atoms with E-state index in [0.717, 1.165) is 31.2 Å². The van der Waals surface area contributed by atoms with Crippen molar-refractivity contribution in [2.24, 2.45) is 5.92 Å². The topological polar surface area (TPSA) is 63.7 Å². The van der Waals surface area contributed by atoms with Crippen molar-refractivity contribution in [2.75, 3.05) is 32.6 Å². The zero-order valence-corrected chi connectivity index (χ0v) is 17.3. The number of piperidine rings is 1. The van der Waals surface area contributed by atoms with Crippen LogP contribution in [-0.2, 0) is 6.54 Å². The van der Waals surface area contributed by atoms with Gasteiger partial charge in [0, 0.05) is 24.0 Å². The molecule has 1 amide bonds. The van der Waals surface area contributed by atoms with E-state index in [2.05, 4.69) is 22.1 Å². The second-order valence-electron chi connectivity index (χ2n) is 6.77. The number of nitrogens with one attached hydrogen (secondary N) is 1. The van der Waals surface area contributed by atoms with E-state index in [-0.39, 0.29) is 5.91 Å². The van der Waals surface area contributed by atoms with Crippen LogP contribution in [0.1, 0.15) is 35.8 Å². The van der Waals surface area contributed by atoms with Crippen LogP contribution in [0.5, 0.6) is 11.5 Å². The third-order valence-electron chi connectivity index (χ3n) is 4.59. The number of aromatic nitrogens is 1. The van der Waals surface area contributed by atoms with Crippen LogP contribution in [0.25, 0.3) is 0 Å². The molecule has 0 spiro atoms. The molecule has 1 aromatic heterocycles. The number of hydrogen-bond acceptors (Lipinski definition) is 6. The summed E-state index contributed by atoms with van der Waals surface area (Å²) in [5, 5.41) is 5.73. The maximum atomic E-state index is 12.6. The lowest BCUT2D eigenvalue weighted by Crippen LogP contribution is -2.33. The van der Waals surface area contributed by atoms with Gasteiger partial charge in [0.25, 0.3) is 5.91 Å². The first kappa shape index (κ1) is 19.9. The van der Waals surface area contributed by atoms with Crippen LogP contribution >= 0.6 is 22.9 Å². The Morgan fingerprint density at radius 1 is 1.41 bits per heavy atom. The van der Waals surface area contributed by atoms with Crippen molar-refractivity contribution in [3.05, 3.63) is 33.8 Å². The molecule has 8 heteroatoms. The van der Waals surface area contributed by atoms with Crippen LogP contribution in [0.2, 0.25) is 5.02 Å². The number of thiazole rings is 1. The van der Waals surface area contributed by atoms with Crippen LogP contribution in [0.4, 0.5) is 5.13 Å². The maximum Gasteiger partial charge on any atom is 0.257 e. The molecule has 0 saturated carbocycles. The SMILES string of the molecule is COc1cc(C(=O)Nc2nc(CN3CCC[C@@H](C)C3)cs2)cc(Cl)c1OC. The number of likely N-dealkylation sites (tertiary alicyclic amines) is 1. The number of carbonyl (C=O) groups excluding carboxylic acids is 1. The number of methoxy groups -OCH3 is 2. The van der Waals surface area contributed by atoms with Gasteiger partial charge in [0.15, 0.2) is 16.6 Å². The fourth-order valence-corrected chi connectivity index (χ4v) is 4.30. The number of rotatable bonds is 6. The number of nitrogens with zero attached hydrogens (tertiary/aromatic N) is 2. The molecule has 1 aromatic carbocycles. The molecule has 146 valence electrons. The highest BCUT2D eigenvalue weighted by Crippen LogP contribution is 2.36. The van der Waals surface area contributed by atoms with Gasteiger partial charge < -0.3 is 9.47 Å². The number of carbonyl (C=O) groups is 1. The molecule has 1 fully saturated rings. The van der Waals surface area contributed by atoms with Crippen molar-refractivity contribution in [3.8, 4) is 11.5 Å². The van der Waals surface area contributed by atoms with Crippen molar-refractivity contribution in [2.45, 2.75) is 26.3 Å². The van der Waals surface area contributed by atoms with Crippen molar-refractivity contribution in [1.82, 2.24) is 9.88 Å². The Hall–Kier alpha value is -1.83. The predicted molar refractivity (Wildman–Crippen MR) is 108 cm³/mol. The van der Waals surface area contributed by atoms with Crippen molar-refractivity contribution in [3.63, 3.8) is 0 Å². The molecule has 0 unspecified atom stereocenters. The summed E-state index contributed by atoms with van der Waals surface area (Å²) < 4.78 is 10.4. The highest BCUT2D eigenvalue weighted by molar-refractivity contribution is 7.14. The number of anilines is 1. The Morgan fingerprint density at radius 3 is 2.93 bits per heavy atom. The summed E-state index contributed by atoms with van der Waals surface area (Å²) in [5.41, 5.74) is 1.37. The van der Waals surface area contributed by atoms with Gasteiger partial charge in [-0.1, -0.05) is 18.5 Å². The number of amides is 1. The fraction of sp³-hybridized carbons (Fsp3) is 0.474. The fourth-order valence-electron chi connectivity index (χ4n) is 3.31. The van der Waals surface area contributed by atoms with Gasteiger partial charge in [-0.15, -0.1) is 11.3 Å². The smallest absolute Gasteiger partial charge is 0.257 e. The maximum absolute atomic E-state index is 12.6. The van der Waals surface area contributed by atoms with Crippen LogP contribution in [0.15, 0.2) is 17.5 Å². The minimum Gasteiger partial charge on any atom is -0.493 e. The standard InChI is InChI=1S/C19H24ClN3O3S/c1-12-5-4-6-23(9-12)10-14-11-27-19(21-14)22-18(24)13-7-15(20)17(26-3)16(8-13)25-2/h7-8,11-12H,4-6,9-10H2,1-3H3,(H,21,22,24)/t12-/m1/s1. The summed E-state index contributed by atoms with van der Waals surface area (Å²) in [4.78, 5) is 19.5. The Kier molecular flexibility index (Phi) is 6.57. The predicted octanol–water partition coefficient (Wildman–Crippen LogP) is 4.30. The molecule has 3 rings (SSSR count). The quantitative estimate of drug-likeness (QED) is 0.770. The summed E-state index contributed by atoms with van der Waals surface area (Å²) in [5.74, 6) is 1.26. The molecule has 2 heterocycles. The lowest BCUT2D eigenvalue weighted by Gasteiger charge is -2.30. The summed E-state index contributed by atoms with van der Waals surface area (Å²) in [6.07, 6.45) is 2.53. The lowest BCUT2D eigenvalue weighted by atomic mass is 10.0. The minimum absolute atomic E-state index is 0.287. The molecule has 2 aromatic rings. The number of ether oxygens (including phenoxy) is 2. The molecular weight excluding hydrogens is 386 g/mol. The Bertz CT molecular complexity index is 811. The summed E-state index contributed by atoms with van der Waals surface area (Å²) in [6, 6.07) is 3.16. The van der Waals surface area contributed by atoms with Gasteiger partial charge in [-0.05, 0) is 37.4 Å². The monoisotopic (exact) mass is 409 g/mol. The van der Waals surface area contributed by atoms with E-state index < -0.39 is 0 Å². The molecule has 27 heavy (non-hydrogen) atoms. The van der Waals surface area contributed by atoms with E-state index in [1.54, 1.807) is 12.1 Å². The van der Waals surface area contributed by atoms with Crippen LogP contribution in [-0.4, -0.2) is 43.1 Å². The van der Waals surface area contributed by atoms with E-state index in [1.165, 1.54) is 38.4 Å². The van der Waals surface area contributed by atoms with E-state index in [4.69, 9.17) is 21.1 Å². The van der Waals surface area contributed by atoms with E-state index in [0.29, 0.717) is 27.2 Å². The second kappa shape index (κ2) is 8.91. The highest BCUT2D eigenvalue weighted by Gasteiger charge is 2.19. The number of benzene rings is 1. The molecule has 1 aliphatic rings. The first-order valence-electron chi connectivity index (χ1n) is 8.89. The van der Waals surface area contributed by atoms with Gasteiger partial charge in [-0.25, -0.2) is 4.98 Å². The van der Waals surface area contributed by atoms with E-state index >= 15 is 0 Å². The molecule has 6 nitrogen and oxygen atoms in total. The van der Waals surface area contributed by atoms with Gasteiger partial charge in [0.1, 0.15) is 0 Å². The first-order valence-corrected chi connectivity index (χ1v) is 10.2. The van der Waals surface area contributed by atoms with Gasteiger partial charge in [0.05, 0.1) is 24.9 Å². The average molecular weight is 410 g/mol. The third kappa shape index (κ3) is 4.91. The molecule has 1 aliphatic heterocycles. The van der Waals surface area contributed by atoms with Crippen molar-refractivity contribution >= 4 is 34.0 Å². The van der Waals surface area contributed by atoms with Crippen molar-refractivity contribution < 1.29 is 14.3 Å². The largest absolute Gasteiger partial charge is 0.493 e. The molecular formula is C19H24ClN3O3S. The zero-order chi connectivity index (χ0) is 19.4. The average Bonchev–Trinajstić information content (AvgIpc) is 3.07. The molecule has 0 aliphatic carbocycles. The summed E-state index contributed by atoms with van der Waals surface area (Å²) in [6.45, 7) is 5.31. The molecule has 1 atom stereocenters. The van der Waals surface area contributed by atoms with Gasteiger partial charge >= 0.3 is 0 Å². The Morgan fingerprint density at radius 2 is 2.22 bits per heavy atom. The van der Waals surface area contributed by atoms with E-state index in [1.807, 2.05) is 5.38 Å². The second-order valence-corrected chi connectivity index (χ2v) is 8.04. The first-order chi connectivity index (χ1) is 13.0. The number of hydrogen-bond donors (Lipinski definition) is 1. The van der Waals surface area contributed by atoms with Gasteiger partial charge in [0.2, 0.25) is 0 Å². The molecule has 0 bridgehead atoms. The summed E-state index contributed by atoms with van der Waals surface area (Å²) >= 11 is 7.61. The van der Waals surface area contributed by atoms with Gasteiger partial charge in [-0.3, -0.25) is 15.0 Å². The normalized spacial score (nSPS) is 17.6. The molecule has 1 N–H and O–H groups in total. The Labute approximate surface area is 168 Å². The van der Waals surface area contributed by atoms with E-state index in [9.17, 15) is 4.79 Å². The number of halogens is 1. The minimum atomic E-state index is -0.287. The summed E-state index contributed by atoms with van der Waals surface area (Å²) in [7, 11) is 3.01. The molecule has 1 saturated heterocycles. The van der Waals surface area contributed by atoms with Crippen LogP contribution < -0.4 is 14.8 Å². The lowest BCUT2D eigenvalue weighted by molar-refractivity contribution is 0.102. The third-order valence-corrected chi connectivity index (χ3v) is 5.68. The van der Waals surface area contributed by atoms with Crippen molar-refractivity contribution in [1.29, 1.82) is 0 Å². The molecule has 0 radical (unpaired) electrons. The van der Waals surface area contributed by atoms with Gasteiger partial charge in [-0.2, -0.15) is 0 Å².